The highest BCUT2D eigenvalue weighted by atomic mass is 16.5. The van der Waals surface area contributed by atoms with Gasteiger partial charge >= 0.3 is 5.97 Å². The number of hydrogen-bond donors (Lipinski definition) is 3. The minimum Gasteiger partial charge on any atom is -0.480 e. The molecule has 5 atom stereocenters. The van der Waals surface area contributed by atoms with E-state index in [1.807, 2.05) is 20.8 Å². The van der Waals surface area contributed by atoms with Gasteiger partial charge in [0.25, 0.3) is 0 Å². The Kier molecular flexibility index (Phi) is 4.62. The summed E-state index contributed by atoms with van der Waals surface area (Å²) in [6, 6.07) is -0.978. The highest BCUT2D eigenvalue weighted by Gasteiger charge is 2.42. The first-order valence-corrected chi connectivity index (χ1v) is 7.06. The fourth-order valence-corrected chi connectivity index (χ4v) is 2.80. The lowest BCUT2D eigenvalue weighted by atomic mass is 9.88. The third kappa shape index (κ3) is 3.41. The average Bonchev–Trinajstić information content (AvgIpc) is 2.98. The maximum Gasteiger partial charge on any atom is 0.326 e. The number of nitrogens with one attached hydrogen (secondary N) is 2. The van der Waals surface area contributed by atoms with Crippen molar-refractivity contribution in [1.29, 1.82) is 0 Å². The molecule has 0 radical (unpaired) electrons. The zero-order valence-corrected chi connectivity index (χ0v) is 12.4. The lowest BCUT2D eigenvalue weighted by Crippen LogP contribution is -2.47. The third-order valence-corrected chi connectivity index (χ3v) is 4.14. The van der Waals surface area contributed by atoms with E-state index in [4.69, 9.17) is 4.74 Å². The van der Waals surface area contributed by atoms with Gasteiger partial charge in [-0.25, -0.2) is 9.78 Å². The molecule has 21 heavy (non-hydrogen) atoms. The minimum atomic E-state index is -1.06. The summed E-state index contributed by atoms with van der Waals surface area (Å²) in [5, 5.41) is 11.9. The Balaban J connectivity index is 2.03. The molecule has 7 heteroatoms. The Morgan fingerprint density at radius 1 is 1.43 bits per heavy atom. The molecular formula is C14H21N3O4. The van der Waals surface area contributed by atoms with Gasteiger partial charge in [0.1, 0.15) is 6.04 Å². The van der Waals surface area contributed by atoms with E-state index in [2.05, 4.69) is 15.3 Å². The summed E-state index contributed by atoms with van der Waals surface area (Å²) >= 11 is 0. The van der Waals surface area contributed by atoms with E-state index in [1.54, 1.807) is 6.20 Å². The molecule has 1 saturated heterocycles. The molecule has 116 valence electrons. The summed E-state index contributed by atoms with van der Waals surface area (Å²) in [7, 11) is 0. The van der Waals surface area contributed by atoms with Crippen molar-refractivity contribution in [3.63, 3.8) is 0 Å². The largest absolute Gasteiger partial charge is 0.480 e. The molecule has 3 N–H and O–H groups in total. The molecular weight excluding hydrogens is 274 g/mol. The van der Waals surface area contributed by atoms with Crippen LogP contribution in [-0.4, -0.2) is 45.2 Å². The molecule has 2 rings (SSSR count). The van der Waals surface area contributed by atoms with E-state index in [-0.39, 0.29) is 36.4 Å². The molecule has 7 nitrogen and oxygen atoms in total. The standard InChI is InChI=1S/C14H21N3O4/c1-7-8(2)21-9(3)12(7)13(18)17-11(14(19)20)4-10-5-15-6-16-10/h5-9,11-12H,4H2,1-3H3,(H,15,16)(H,17,18)(H,19,20)/t7?,8?,9?,11-,12?/m0/s1. The van der Waals surface area contributed by atoms with Crippen molar-refractivity contribution in [2.24, 2.45) is 11.8 Å². The van der Waals surface area contributed by atoms with Crippen molar-refractivity contribution in [2.75, 3.05) is 0 Å². The van der Waals surface area contributed by atoms with Crippen LogP contribution in [-0.2, 0) is 20.7 Å². The number of carbonyl (C=O) groups is 2. The molecule has 1 amide bonds. The maximum absolute atomic E-state index is 12.4. The lowest BCUT2D eigenvalue weighted by molar-refractivity contribution is -0.143. The predicted octanol–water partition coefficient (Wildman–Crippen LogP) is 0.581. The van der Waals surface area contributed by atoms with Crippen LogP contribution >= 0.6 is 0 Å². The number of ether oxygens (including phenoxy) is 1. The van der Waals surface area contributed by atoms with Crippen molar-refractivity contribution in [1.82, 2.24) is 15.3 Å². The molecule has 0 saturated carbocycles. The number of imidazole rings is 1. The average molecular weight is 295 g/mol. The van der Waals surface area contributed by atoms with Gasteiger partial charge in [-0.15, -0.1) is 0 Å². The second-order valence-corrected chi connectivity index (χ2v) is 5.61. The monoisotopic (exact) mass is 295 g/mol. The highest BCUT2D eigenvalue weighted by molar-refractivity contribution is 5.85. The van der Waals surface area contributed by atoms with Crippen LogP contribution in [0.25, 0.3) is 0 Å². The van der Waals surface area contributed by atoms with Crippen LogP contribution in [0.2, 0.25) is 0 Å². The molecule has 2 heterocycles. The van der Waals surface area contributed by atoms with Gasteiger partial charge in [-0.2, -0.15) is 0 Å². The molecule has 0 aromatic carbocycles. The van der Waals surface area contributed by atoms with Gasteiger partial charge in [0.2, 0.25) is 5.91 Å². The van der Waals surface area contributed by atoms with Crippen molar-refractivity contribution in [3.05, 3.63) is 18.2 Å². The molecule has 1 aliphatic rings. The molecule has 4 unspecified atom stereocenters. The van der Waals surface area contributed by atoms with Crippen LogP contribution in [0.3, 0.4) is 0 Å². The Labute approximate surface area is 123 Å². The summed E-state index contributed by atoms with van der Waals surface area (Å²) in [4.78, 5) is 30.4. The SMILES string of the molecule is CC1OC(C)C(C(=O)N[C@@H](Cc2cnc[nH]2)C(=O)O)C1C. The number of rotatable bonds is 5. The molecule has 1 aromatic heterocycles. The van der Waals surface area contributed by atoms with E-state index in [9.17, 15) is 14.7 Å². The van der Waals surface area contributed by atoms with Crippen LogP contribution in [0.5, 0.6) is 0 Å². The fourth-order valence-electron chi connectivity index (χ4n) is 2.80. The number of nitrogens with zero attached hydrogens (tertiary/aromatic N) is 1. The highest BCUT2D eigenvalue weighted by Crippen LogP contribution is 2.32. The van der Waals surface area contributed by atoms with Gasteiger partial charge in [-0.05, 0) is 19.8 Å². The number of amides is 1. The summed E-state index contributed by atoms with van der Waals surface area (Å²) in [5.41, 5.74) is 0.667. The molecule has 0 aliphatic carbocycles. The Morgan fingerprint density at radius 2 is 2.14 bits per heavy atom. The molecule has 1 fully saturated rings. The van der Waals surface area contributed by atoms with Crippen LogP contribution in [0.4, 0.5) is 0 Å². The Bertz CT molecular complexity index is 502. The van der Waals surface area contributed by atoms with Crippen molar-refractivity contribution in [2.45, 2.75) is 45.4 Å². The first-order chi connectivity index (χ1) is 9.90. The maximum atomic E-state index is 12.4. The second-order valence-electron chi connectivity index (χ2n) is 5.61. The van der Waals surface area contributed by atoms with E-state index in [0.717, 1.165) is 0 Å². The predicted molar refractivity (Wildman–Crippen MR) is 74.5 cm³/mol. The van der Waals surface area contributed by atoms with Gasteiger partial charge in [-0.3, -0.25) is 4.79 Å². The number of carboxylic acid groups (broad SMARTS) is 1. The quantitative estimate of drug-likeness (QED) is 0.737. The van der Waals surface area contributed by atoms with E-state index >= 15 is 0 Å². The van der Waals surface area contributed by atoms with Gasteiger partial charge in [0.05, 0.1) is 24.5 Å². The van der Waals surface area contributed by atoms with Crippen molar-refractivity contribution in [3.8, 4) is 0 Å². The summed E-state index contributed by atoms with van der Waals surface area (Å²) < 4.78 is 5.63. The normalized spacial score (nSPS) is 30.0. The lowest BCUT2D eigenvalue weighted by Gasteiger charge is -2.21. The first-order valence-electron chi connectivity index (χ1n) is 7.06. The summed E-state index contributed by atoms with van der Waals surface area (Å²) in [6.45, 7) is 5.71. The van der Waals surface area contributed by atoms with Gasteiger partial charge < -0.3 is 20.1 Å². The molecule has 0 spiro atoms. The number of H-pyrrole nitrogens is 1. The zero-order chi connectivity index (χ0) is 15.6. The van der Waals surface area contributed by atoms with Crippen molar-refractivity contribution >= 4 is 11.9 Å². The molecule has 0 bridgehead atoms. The zero-order valence-electron chi connectivity index (χ0n) is 12.4. The number of aromatic amines is 1. The van der Waals surface area contributed by atoms with Crippen LogP contribution in [0.15, 0.2) is 12.5 Å². The van der Waals surface area contributed by atoms with Gasteiger partial charge in [-0.1, -0.05) is 6.92 Å². The second kappa shape index (κ2) is 6.26. The summed E-state index contributed by atoms with van der Waals surface area (Å²) in [6.07, 6.45) is 2.98. The number of aliphatic carboxylic acids is 1. The van der Waals surface area contributed by atoms with Gasteiger partial charge in [0, 0.05) is 18.3 Å². The summed E-state index contributed by atoms with van der Waals surface area (Å²) in [5.74, 6) is -1.61. The first kappa shape index (κ1) is 15.5. The number of hydrogen-bond acceptors (Lipinski definition) is 4. The minimum absolute atomic E-state index is 0.00775. The van der Waals surface area contributed by atoms with E-state index < -0.39 is 12.0 Å². The molecule has 1 aliphatic heterocycles. The van der Waals surface area contributed by atoms with Crippen LogP contribution in [0, 0.1) is 11.8 Å². The topological polar surface area (TPSA) is 104 Å². The van der Waals surface area contributed by atoms with Crippen LogP contribution in [0.1, 0.15) is 26.5 Å². The van der Waals surface area contributed by atoms with Crippen LogP contribution < -0.4 is 5.32 Å². The molecule has 1 aromatic rings. The fraction of sp³-hybridized carbons (Fsp3) is 0.643. The smallest absolute Gasteiger partial charge is 0.326 e. The number of carbonyl (C=O) groups excluding carboxylic acids is 1. The Hall–Kier alpha value is -1.89. The van der Waals surface area contributed by atoms with E-state index in [0.29, 0.717) is 5.69 Å². The third-order valence-electron chi connectivity index (χ3n) is 4.14. The number of carboxylic acids is 1. The Morgan fingerprint density at radius 3 is 2.62 bits per heavy atom. The van der Waals surface area contributed by atoms with Crippen molar-refractivity contribution < 1.29 is 19.4 Å². The van der Waals surface area contributed by atoms with E-state index in [1.165, 1.54) is 6.33 Å². The van der Waals surface area contributed by atoms with Gasteiger partial charge in [0.15, 0.2) is 0 Å². The number of aromatic nitrogens is 2.